The summed E-state index contributed by atoms with van der Waals surface area (Å²) in [6.45, 7) is 5.84. The van der Waals surface area contributed by atoms with Crippen LogP contribution in [0, 0.1) is 5.92 Å². The molecule has 0 bridgehead atoms. The third-order valence-corrected chi connectivity index (χ3v) is 4.34. The summed E-state index contributed by atoms with van der Waals surface area (Å²) in [5.41, 5.74) is 1.76. The van der Waals surface area contributed by atoms with Crippen LogP contribution in [0.4, 0.5) is 0 Å². The van der Waals surface area contributed by atoms with Crippen molar-refractivity contribution in [1.29, 1.82) is 0 Å². The van der Waals surface area contributed by atoms with Crippen LogP contribution in [0.5, 0.6) is 0 Å². The van der Waals surface area contributed by atoms with E-state index in [-0.39, 0.29) is 0 Å². The smallest absolute Gasteiger partial charge is 0.0245 e. The zero-order valence-electron chi connectivity index (χ0n) is 10.1. The van der Waals surface area contributed by atoms with Crippen molar-refractivity contribution in [2.24, 2.45) is 5.92 Å². The first-order chi connectivity index (χ1) is 7.62. The molecular weight excluding hydrogens is 262 g/mol. The second-order valence-electron chi connectivity index (χ2n) is 5.14. The maximum atomic E-state index is 3.72. The van der Waals surface area contributed by atoms with Crippen LogP contribution in [-0.4, -0.2) is 12.1 Å². The van der Waals surface area contributed by atoms with E-state index in [0.717, 1.165) is 10.9 Å². The largest absolute Gasteiger partial charge is 0.311 e. The van der Waals surface area contributed by atoms with Gasteiger partial charge in [0.15, 0.2) is 0 Å². The lowest BCUT2D eigenvalue weighted by Crippen LogP contribution is -2.46. The van der Waals surface area contributed by atoms with Crippen molar-refractivity contribution in [1.82, 2.24) is 5.32 Å². The summed E-state index contributed by atoms with van der Waals surface area (Å²) in [6, 6.07) is 8.74. The van der Waals surface area contributed by atoms with Crippen molar-refractivity contribution in [2.75, 3.05) is 6.54 Å². The molecule has 0 aliphatic carbocycles. The SMILES string of the molecule is CC(C)C1(Cc2ccc(Br)cc2)CCCN1. The highest BCUT2D eigenvalue weighted by atomic mass is 79.9. The lowest BCUT2D eigenvalue weighted by atomic mass is 9.80. The van der Waals surface area contributed by atoms with Gasteiger partial charge in [-0.05, 0) is 49.4 Å². The molecule has 0 aromatic heterocycles. The Bertz CT molecular complexity index is 336. The minimum absolute atomic E-state index is 0.327. The summed E-state index contributed by atoms with van der Waals surface area (Å²) >= 11 is 3.48. The molecule has 1 heterocycles. The summed E-state index contributed by atoms with van der Waals surface area (Å²) in [6.07, 6.45) is 3.77. The van der Waals surface area contributed by atoms with Crippen LogP contribution in [0.15, 0.2) is 28.7 Å². The van der Waals surface area contributed by atoms with Crippen LogP contribution in [0.1, 0.15) is 32.3 Å². The standard InChI is InChI=1S/C14H20BrN/c1-11(2)14(8-3-9-16-14)10-12-4-6-13(15)7-5-12/h4-7,11,16H,3,8-10H2,1-2H3. The molecule has 1 saturated heterocycles. The van der Waals surface area contributed by atoms with Gasteiger partial charge in [0, 0.05) is 10.0 Å². The molecule has 16 heavy (non-hydrogen) atoms. The van der Waals surface area contributed by atoms with E-state index in [1.807, 2.05) is 0 Å². The third-order valence-electron chi connectivity index (χ3n) is 3.81. The highest BCUT2D eigenvalue weighted by Gasteiger charge is 2.36. The van der Waals surface area contributed by atoms with Crippen LogP contribution >= 0.6 is 15.9 Å². The van der Waals surface area contributed by atoms with Crippen LogP contribution in [0.3, 0.4) is 0 Å². The summed E-state index contributed by atoms with van der Waals surface area (Å²) in [5.74, 6) is 0.693. The van der Waals surface area contributed by atoms with Crippen molar-refractivity contribution in [3.8, 4) is 0 Å². The van der Waals surface area contributed by atoms with Gasteiger partial charge in [-0.25, -0.2) is 0 Å². The number of halogens is 1. The molecule has 1 aliphatic rings. The Morgan fingerprint density at radius 2 is 2.00 bits per heavy atom. The molecular formula is C14H20BrN. The van der Waals surface area contributed by atoms with Crippen LogP contribution in [-0.2, 0) is 6.42 Å². The quantitative estimate of drug-likeness (QED) is 0.890. The molecule has 1 unspecified atom stereocenters. The third kappa shape index (κ3) is 2.49. The number of hydrogen-bond donors (Lipinski definition) is 1. The van der Waals surface area contributed by atoms with E-state index in [2.05, 4.69) is 59.4 Å². The summed E-state index contributed by atoms with van der Waals surface area (Å²) in [4.78, 5) is 0. The Kier molecular flexibility index (Phi) is 3.70. The molecule has 0 saturated carbocycles. The zero-order valence-corrected chi connectivity index (χ0v) is 11.7. The van der Waals surface area contributed by atoms with Gasteiger partial charge >= 0.3 is 0 Å². The lowest BCUT2D eigenvalue weighted by molar-refractivity contribution is 0.269. The first kappa shape index (κ1) is 12.1. The number of benzene rings is 1. The van der Waals surface area contributed by atoms with Gasteiger partial charge in [0.05, 0.1) is 0 Å². The first-order valence-corrected chi connectivity index (χ1v) is 6.91. The number of nitrogens with one attached hydrogen (secondary N) is 1. The van der Waals surface area contributed by atoms with Gasteiger partial charge in [-0.2, -0.15) is 0 Å². The van der Waals surface area contributed by atoms with Crippen LogP contribution in [0.2, 0.25) is 0 Å². The average molecular weight is 282 g/mol. The van der Waals surface area contributed by atoms with Gasteiger partial charge in [0.2, 0.25) is 0 Å². The van der Waals surface area contributed by atoms with E-state index >= 15 is 0 Å². The van der Waals surface area contributed by atoms with Gasteiger partial charge in [0.1, 0.15) is 0 Å². The molecule has 1 aromatic rings. The molecule has 1 fully saturated rings. The van der Waals surface area contributed by atoms with Crippen molar-refractivity contribution in [2.45, 2.75) is 38.6 Å². The van der Waals surface area contributed by atoms with E-state index in [4.69, 9.17) is 0 Å². The van der Waals surface area contributed by atoms with E-state index in [0.29, 0.717) is 11.5 Å². The molecule has 1 atom stereocenters. The Labute approximate surface area is 107 Å². The van der Waals surface area contributed by atoms with E-state index < -0.39 is 0 Å². The van der Waals surface area contributed by atoms with E-state index in [9.17, 15) is 0 Å². The van der Waals surface area contributed by atoms with Crippen molar-refractivity contribution in [3.05, 3.63) is 34.3 Å². The fourth-order valence-electron chi connectivity index (χ4n) is 2.64. The fourth-order valence-corrected chi connectivity index (χ4v) is 2.91. The summed E-state index contributed by atoms with van der Waals surface area (Å²) in [5, 5.41) is 3.72. The predicted molar refractivity (Wildman–Crippen MR) is 72.7 cm³/mol. The second kappa shape index (κ2) is 4.89. The highest BCUT2D eigenvalue weighted by molar-refractivity contribution is 9.10. The first-order valence-electron chi connectivity index (χ1n) is 6.12. The van der Waals surface area contributed by atoms with Gasteiger partial charge in [0.25, 0.3) is 0 Å². The number of hydrogen-bond acceptors (Lipinski definition) is 1. The summed E-state index contributed by atoms with van der Waals surface area (Å²) in [7, 11) is 0. The maximum Gasteiger partial charge on any atom is 0.0245 e. The van der Waals surface area contributed by atoms with Crippen molar-refractivity contribution < 1.29 is 0 Å². The predicted octanol–water partition coefficient (Wildman–Crippen LogP) is 3.77. The Morgan fingerprint density at radius 3 is 2.50 bits per heavy atom. The minimum Gasteiger partial charge on any atom is -0.311 e. The minimum atomic E-state index is 0.327. The van der Waals surface area contributed by atoms with Gasteiger partial charge in [-0.3, -0.25) is 0 Å². The molecule has 1 aromatic carbocycles. The van der Waals surface area contributed by atoms with Gasteiger partial charge < -0.3 is 5.32 Å². The molecule has 0 amide bonds. The van der Waals surface area contributed by atoms with Crippen molar-refractivity contribution >= 4 is 15.9 Å². The number of rotatable bonds is 3. The molecule has 2 rings (SSSR count). The molecule has 88 valence electrons. The maximum absolute atomic E-state index is 3.72. The summed E-state index contributed by atoms with van der Waals surface area (Å²) < 4.78 is 1.16. The molecule has 0 radical (unpaired) electrons. The molecule has 1 nitrogen and oxygen atoms in total. The Morgan fingerprint density at radius 1 is 1.31 bits per heavy atom. The zero-order chi connectivity index (χ0) is 11.6. The van der Waals surface area contributed by atoms with Gasteiger partial charge in [-0.15, -0.1) is 0 Å². The van der Waals surface area contributed by atoms with E-state index in [1.54, 1.807) is 0 Å². The monoisotopic (exact) mass is 281 g/mol. The average Bonchev–Trinajstić information content (AvgIpc) is 2.71. The molecule has 0 spiro atoms. The Hall–Kier alpha value is -0.340. The second-order valence-corrected chi connectivity index (χ2v) is 6.06. The lowest BCUT2D eigenvalue weighted by Gasteiger charge is -2.34. The van der Waals surface area contributed by atoms with Crippen LogP contribution < -0.4 is 5.32 Å². The molecule has 1 aliphatic heterocycles. The molecule has 1 N–H and O–H groups in total. The van der Waals surface area contributed by atoms with E-state index in [1.165, 1.54) is 24.9 Å². The normalized spacial score (nSPS) is 25.2. The fraction of sp³-hybridized carbons (Fsp3) is 0.571. The van der Waals surface area contributed by atoms with Gasteiger partial charge in [-0.1, -0.05) is 41.9 Å². The van der Waals surface area contributed by atoms with Crippen molar-refractivity contribution in [3.63, 3.8) is 0 Å². The topological polar surface area (TPSA) is 12.0 Å². The highest BCUT2D eigenvalue weighted by Crippen LogP contribution is 2.31. The molecule has 2 heteroatoms. The Balaban J connectivity index is 2.14. The van der Waals surface area contributed by atoms with Crippen LogP contribution in [0.25, 0.3) is 0 Å².